The van der Waals surface area contributed by atoms with E-state index in [2.05, 4.69) is 37.5 Å². The van der Waals surface area contributed by atoms with Crippen LogP contribution in [0.2, 0.25) is 0 Å². The largest absolute Gasteiger partial charge is 0.467 e. The van der Waals surface area contributed by atoms with Crippen LogP contribution in [0.25, 0.3) is 0 Å². The first-order chi connectivity index (χ1) is 8.61. The van der Waals surface area contributed by atoms with Crippen LogP contribution in [0.5, 0.6) is 0 Å². The molecule has 0 aliphatic rings. The van der Waals surface area contributed by atoms with Gasteiger partial charge in [-0.1, -0.05) is 18.2 Å². The summed E-state index contributed by atoms with van der Waals surface area (Å²) in [6.07, 6.45) is 2.53. The molecule has 0 aliphatic heterocycles. The van der Waals surface area contributed by atoms with Gasteiger partial charge in [0, 0.05) is 0 Å². The minimum Gasteiger partial charge on any atom is -0.467 e. The second-order valence-electron chi connectivity index (χ2n) is 4.81. The lowest BCUT2D eigenvalue weighted by molar-refractivity contribution is 0.413. The van der Waals surface area contributed by atoms with Gasteiger partial charge in [0.25, 0.3) is 0 Å². The summed E-state index contributed by atoms with van der Waals surface area (Å²) < 4.78 is 5.50. The lowest BCUT2D eigenvalue weighted by atomic mass is 9.99. The average molecular weight is 244 g/mol. The Morgan fingerprint density at radius 1 is 1.11 bits per heavy atom. The Bertz CT molecular complexity index is 531. The van der Waals surface area contributed by atoms with Crippen molar-refractivity contribution in [1.82, 2.24) is 5.43 Å². The fourth-order valence-electron chi connectivity index (χ4n) is 2.13. The molecule has 18 heavy (non-hydrogen) atoms. The van der Waals surface area contributed by atoms with E-state index in [4.69, 9.17) is 10.3 Å². The van der Waals surface area contributed by atoms with Crippen molar-refractivity contribution in [3.8, 4) is 0 Å². The highest BCUT2D eigenvalue weighted by atomic mass is 16.3. The summed E-state index contributed by atoms with van der Waals surface area (Å²) in [5, 5.41) is 0. The van der Waals surface area contributed by atoms with Crippen molar-refractivity contribution in [3.63, 3.8) is 0 Å². The third-order valence-corrected chi connectivity index (χ3v) is 3.43. The Hall–Kier alpha value is -1.58. The lowest BCUT2D eigenvalue weighted by Gasteiger charge is -2.15. The molecule has 1 heterocycles. The van der Waals surface area contributed by atoms with Gasteiger partial charge in [0.1, 0.15) is 5.76 Å². The van der Waals surface area contributed by atoms with Crippen molar-refractivity contribution >= 4 is 0 Å². The summed E-state index contributed by atoms with van der Waals surface area (Å²) in [5.41, 5.74) is 7.84. The molecule has 0 amide bonds. The molecule has 1 atom stereocenters. The van der Waals surface area contributed by atoms with Crippen LogP contribution in [0.4, 0.5) is 0 Å². The minimum absolute atomic E-state index is 0.0158. The van der Waals surface area contributed by atoms with Crippen LogP contribution < -0.4 is 11.3 Å². The van der Waals surface area contributed by atoms with Crippen LogP contribution >= 0.6 is 0 Å². The van der Waals surface area contributed by atoms with E-state index in [1.807, 2.05) is 13.0 Å². The molecule has 96 valence electrons. The molecule has 2 aromatic rings. The lowest BCUT2D eigenvalue weighted by Crippen LogP contribution is -2.29. The predicted molar refractivity (Wildman–Crippen MR) is 73.1 cm³/mol. The zero-order valence-corrected chi connectivity index (χ0v) is 11.2. The van der Waals surface area contributed by atoms with Crippen molar-refractivity contribution in [2.24, 2.45) is 5.84 Å². The summed E-state index contributed by atoms with van der Waals surface area (Å²) in [5.74, 6) is 6.55. The first-order valence-electron chi connectivity index (χ1n) is 6.18. The Morgan fingerprint density at radius 3 is 2.44 bits per heavy atom. The predicted octanol–water partition coefficient (Wildman–Crippen LogP) is 2.95. The Balaban J connectivity index is 2.20. The number of nitrogens with two attached hydrogens (primary N) is 1. The van der Waals surface area contributed by atoms with Gasteiger partial charge in [-0.05, 0) is 55.5 Å². The molecular weight excluding hydrogens is 224 g/mol. The van der Waals surface area contributed by atoms with E-state index in [9.17, 15) is 0 Å². The number of furan rings is 1. The molecule has 0 fully saturated rings. The summed E-state index contributed by atoms with van der Waals surface area (Å²) in [4.78, 5) is 0. The Labute approximate surface area is 108 Å². The zero-order chi connectivity index (χ0) is 13.1. The van der Waals surface area contributed by atoms with E-state index in [1.54, 1.807) is 6.26 Å². The van der Waals surface area contributed by atoms with Gasteiger partial charge in [-0.15, -0.1) is 0 Å². The van der Waals surface area contributed by atoms with Crippen LogP contribution in [0, 0.1) is 20.8 Å². The molecule has 0 aliphatic carbocycles. The molecule has 0 saturated carbocycles. The highest BCUT2D eigenvalue weighted by Gasteiger charge is 2.16. The quantitative estimate of drug-likeness (QED) is 0.642. The fraction of sp³-hybridized carbons (Fsp3) is 0.333. The van der Waals surface area contributed by atoms with Crippen LogP contribution in [0.3, 0.4) is 0 Å². The summed E-state index contributed by atoms with van der Waals surface area (Å²) >= 11 is 0. The van der Waals surface area contributed by atoms with Gasteiger partial charge < -0.3 is 4.42 Å². The van der Waals surface area contributed by atoms with Crippen molar-refractivity contribution in [2.45, 2.75) is 33.2 Å². The van der Waals surface area contributed by atoms with Crippen LogP contribution in [0.15, 0.2) is 34.9 Å². The standard InChI is InChI=1S/C15H20N2O/c1-10-4-5-13(8-12(10)3)9-14(17-16)15-11(2)6-7-18-15/h4-8,14,17H,9,16H2,1-3H3. The molecule has 0 spiro atoms. The van der Waals surface area contributed by atoms with E-state index in [1.165, 1.54) is 16.7 Å². The molecule has 1 unspecified atom stereocenters. The second-order valence-corrected chi connectivity index (χ2v) is 4.81. The van der Waals surface area contributed by atoms with E-state index < -0.39 is 0 Å². The van der Waals surface area contributed by atoms with Gasteiger partial charge >= 0.3 is 0 Å². The average Bonchev–Trinajstić information content (AvgIpc) is 2.77. The SMILES string of the molecule is Cc1ccc(CC(NN)c2occc2C)cc1C. The molecule has 3 heteroatoms. The van der Waals surface area contributed by atoms with E-state index in [0.29, 0.717) is 0 Å². The first kappa shape index (κ1) is 12.9. The van der Waals surface area contributed by atoms with Gasteiger partial charge in [0.05, 0.1) is 12.3 Å². The number of nitrogens with one attached hydrogen (secondary N) is 1. The van der Waals surface area contributed by atoms with E-state index in [0.717, 1.165) is 17.7 Å². The molecule has 1 aromatic carbocycles. The Kier molecular flexibility index (Phi) is 3.84. The van der Waals surface area contributed by atoms with Gasteiger partial charge in [-0.2, -0.15) is 0 Å². The second kappa shape index (κ2) is 5.38. The number of hydrogen-bond donors (Lipinski definition) is 2. The molecule has 2 rings (SSSR count). The summed E-state index contributed by atoms with van der Waals surface area (Å²) in [6.45, 7) is 6.28. The van der Waals surface area contributed by atoms with Crippen molar-refractivity contribution in [2.75, 3.05) is 0 Å². The normalized spacial score (nSPS) is 12.7. The third-order valence-electron chi connectivity index (χ3n) is 3.43. The minimum atomic E-state index is 0.0158. The van der Waals surface area contributed by atoms with Crippen LogP contribution in [0.1, 0.15) is 34.1 Å². The number of hydrogen-bond acceptors (Lipinski definition) is 3. The maximum absolute atomic E-state index is 5.64. The molecule has 3 nitrogen and oxygen atoms in total. The van der Waals surface area contributed by atoms with Crippen molar-refractivity contribution < 1.29 is 4.42 Å². The van der Waals surface area contributed by atoms with Crippen molar-refractivity contribution in [1.29, 1.82) is 0 Å². The molecule has 3 N–H and O–H groups in total. The highest BCUT2D eigenvalue weighted by molar-refractivity contribution is 5.31. The van der Waals surface area contributed by atoms with Crippen molar-refractivity contribution in [3.05, 3.63) is 58.5 Å². The maximum atomic E-state index is 5.64. The first-order valence-corrected chi connectivity index (χ1v) is 6.18. The van der Waals surface area contributed by atoms with Crippen LogP contribution in [-0.4, -0.2) is 0 Å². The van der Waals surface area contributed by atoms with Crippen LogP contribution in [-0.2, 0) is 6.42 Å². The third kappa shape index (κ3) is 2.63. The molecule has 1 aromatic heterocycles. The maximum Gasteiger partial charge on any atom is 0.125 e. The topological polar surface area (TPSA) is 51.2 Å². The van der Waals surface area contributed by atoms with Gasteiger partial charge in [-0.3, -0.25) is 5.84 Å². The summed E-state index contributed by atoms with van der Waals surface area (Å²) in [6, 6.07) is 8.47. The monoisotopic (exact) mass is 244 g/mol. The molecule has 0 saturated heterocycles. The summed E-state index contributed by atoms with van der Waals surface area (Å²) in [7, 11) is 0. The van der Waals surface area contributed by atoms with Gasteiger partial charge in [-0.25, -0.2) is 5.43 Å². The van der Waals surface area contributed by atoms with E-state index >= 15 is 0 Å². The van der Waals surface area contributed by atoms with E-state index in [-0.39, 0.29) is 6.04 Å². The van der Waals surface area contributed by atoms with Gasteiger partial charge in [0.15, 0.2) is 0 Å². The number of rotatable bonds is 4. The molecule has 0 radical (unpaired) electrons. The Morgan fingerprint density at radius 2 is 1.89 bits per heavy atom. The number of aryl methyl sites for hydroxylation is 3. The van der Waals surface area contributed by atoms with Gasteiger partial charge in [0.2, 0.25) is 0 Å². The highest BCUT2D eigenvalue weighted by Crippen LogP contribution is 2.22. The molecular formula is C15H20N2O. The number of hydrazine groups is 1. The number of benzene rings is 1. The fourth-order valence-corrected chi connectivity index (χ4v) is 2.13. The zero-order valence-electron chi connectivity index (χ0n) is 11.2. The smallest absolute Gasteiger partial charge is 0.125 e. The molecule has 0 bridgehead atoms.